The standard InChI is InChI=1S/C10H9FN2O2/c1-6-12-8-4-2-3-7(11)10(8)13(6)5-9(14)15/h2-4H,5H2,1H3,(H,14,15). The van der Waals surface area contributed by atoms with Crippen LogP contribution in [0.3, 0.4) is 0 Å². The second-order valence-corrected chi connectivity index (χ2v) is 3.25. The first-order chi connectivity index (χ1) is 7.09. The van der Waals surface area contributed by atoms with Crippen molar-refractivity contribution in [3.05, 3.63) is 29.8 Å². The molecule has 1 heterocycles. The molecule has 2 aromatic rings. The van der Waals surface area contributed by atoms with Crippen LogP contribution in [-0.2, 0) is 11.3 Å². The van der Waals surface area contributed by atoms with Gasteiger partial charge < -0.3 is 9.67 Å². The molecule has 78 valence electrons. The van der Waals surface area contributed by atoms with Crippen molar-refractivity contribution in [2.45, 2.75) is 13.5 Å². The monoisotopic (exact) mass is 208 g/mol. The zero-order valence-corrected chi connectivity index (χ0v) is 8.07. The summed E-state index contributed by atoms with van der Waals surface area (Å²) in [5, 5.41) is 8.69. The number of nitrogens with zero attached hydrogens (tertiary/aromatic N) is 2. The average Bonchev–Trinajstić information content (AvgIpc) is 2.43. The summed E-state index contributed by atoms with van der Waals surface area (Å²) < 4.78 is 14.8. The Morgan fingerprint density at radius 2 is 2.33 bits per heavy atom. The number of aryl methyl sites for hydroxylation is 1. The van der Waals surface area contributed by atoms with Gasteiger partial charge in [-0.05, 0) is 19.1 Å². The minimum atomic E-state index is -1.01. The van der Waals surface area contributed by atoms with Crippen LogP contribution in [0.25, 0.3) is 11.0 Å². The number of aliphatic carboxylic acids is 1. The molecule has 0 saturated carbocycles. The van der Waals surface area contributed by atoms with E-state index in [1.54, 1.807) is 19.1 Å². The maximum atomic E-state index is 13.5. The second-order valence-electron chi connectivity index (χ2n) is 3.25. The Morgan fingerprint density at radius 3 is 3.00 bits per heavy atom. The Balaban J connectivity index is 2.71. The maximum Gasteiger partial charge on any atom is 0.323 e. The normalized spacial score (nSPS) is 10.8. The lowest BCUT2D eigenvalue weighted by atomic mass is 10.3. The first kappa shape index (κ1) is 9.64. The van der Waals surface area contributed by atoms with E-state index < -0.39 is 11.8 Å². The second kappa shape index (κ2) is 3.34. The summed E-state index contributed by atoms with van der Waals surface area (Å²) in [6.45, 7) is 1.38. The highest BCUT2D eigenvalue weighted by Crippen LogP contribution is 2.18. The molecule has 0 aliphatic rings. The summed E-state index contributed by atoms with van der Waals surface area (Å²) in [6, 6.07) is 4.50. The average molecular weight is 208 g/mol. The number of hydrogen-bond donors (Lipinski definition) is 1. The van der Waals surface area contributed by atoms with Crippen molar-refractivity contribution < 1.29 is 14.3 Å². The quantitative estimate of drug-likeness (QED) is 0.814. The molecule has 0 aliphatic heterocycles. The van der Waals surface area contributed by atoms with Crippen LogP contribution in [0.5, 0.6) is 0 Å². The molecule has 0 spiro atoms. The molecule has 0 unspecified atom stereocenters. The maximum absolute atomic E-state index is 13.5. The van der Waals surface area contributed by atoms with E-state index in [0.29, 0.717) is 11.3 Å². The lowest BCUT2D eigenvalue weighted by Gasteiger charge is -2.02. The SMILES string of the molecule is Cc1nc2cccc(F)c2n1CC(=O)O. The van der Waals surface area contributed by atoms with E-state index >= 15 is 0 Å². The Bertz CT molecular complexity index is 533. The molecule has 5 heteroatoms. The third-order valence-corrected chi connectivity index (χ3v) is 2.20. The third-order valence-electron chi connectivity index (χ3n) is 2.20. The highest BCUT2D eigenvalue weighted by atomic mass is 19.1. The Hall–Kier alpha value is -1.91. The molecule has 1 N–H and O–H groups in total. The highest BCUT2D eigenvalue weighted by Gasteiger charge is 2.13. The molecule has 4 nitrogen and oxygen atoms in total. The van der Waals surface area contributed by atoms with E-state index in [1.165, 1.54) is 10.6 Å². The molecule has 0 bridgehead atoms. The summed E-state index contributed by atoms with van der Waals surface area (Å²) in [6.07, 6.45) is 0. The van der Waals surface area contributed by atoms with Gasteiger partial charge in [0.1, 0.15) is 23.7 Å². The predicted octanol–water partition coefficient (Wildman–Crippen LogP) is 1.57. The molecule has 2 rings (SSSR count). The molecule has 0 radical (unpaired) electrons. The zero-order valence-electron chi connectivity index (χ0n) is 8.07. The summed E-state index contributed by atoms with van der Waals surface area (Å²) in [4.78, 5) is 14.7. The van der Waals surface area contributed by atoms with Crippen molar-refractivity contribution >= 4 is 17.0 Å². The van der Waals surface area contributed by atoms with Crippen molar-refractivity contribution in [3.63, 3.8) is 0 Å². The van der Waals surface area contributed by atoms with Crippen LogP contribution in [0.2, 0.25) is 0 Å². The number of aromatic nitrogens is 2. The van der Waals surface area contributed by atoms with Gasteiger partial charge in [-0.1, -0.05) is 6.07 Å². The van der Waals surface area contributed by atoms with Crippen LogP contribution < -0.4 is 0 Å². The molecule has 1 aromatic carbocycles. The minimum Gasteiger partial charge on any atom is -0.480 e. The molecular weight excluding hydrogens is 199 g/mol. The summed E-state index contributed by atoms with van der Waals surface area (Å²) in [5.74, 6) is -0.965. The number of carboxylic acids is 1. The highest BCUT2D eigenvalue weighted by molar-refractivity contribution is 5.78. The van der Waals surface area contributed by atoms with Gasteiger partial charge in [0.2, 0.25) is 0 Å². The first-order valence-electron chi connectivity index (χ1n) is 4.42. The lowest BCUT2D eigenvalue weighted by Crippen LogP contribution is -2.10. The first-order valence-corrected chi connectivity index (χ1v) is 4.42. The van der Waals surface area contributed by atoms with E-state index in [1.807, 2.05) is 0 Å². The van der Waals surface area contributed by atoms with Crippen molar-refractivity contribution in [3.8, 4) is 0 Å². The molecule has 0 fully saturated rings. The van der Waals surface area contributed by atoms with Crippen LogP contribution >= 0.6 is 0 Å². The summed E-state index contributed by atoms with van der Waals surface area (Å²) >= 11 is 0. The molecule has 0 atom stereocenters. The number of carboxylic acid groups (broad SMARTS) is 1. The number of hydrogen-bond acceptors (Lipinski definition) is 2. The topological polar surface area (TPSA) is 55.1 Å². The molecule has 1 aromatic heterocycles. The van der Waals surface area contributed by atoms with E-state index in [-0.39, 0.29) is 12.1 Å². The number of carbonyl (C=O) groups is 1. The molecule has 0 aliphatic carbocycles. The Morgan fingerprint density at radius 1 is 1.60 bits per heavy atom. The van der Waals surface area contributed by atoms with E-state index in [2.05, 4.69) is 4.98 Å². The number of benzene rings is 1. The lowest BCUT2D eigenvalue weighted by molar-refractivity contribution is -0.137. The van der Waals surface area contributed by atoms with Crippen LogP contribution in [0.1, 0.15) is 5.82 Å². The number of imidazole rings is 1. The van der Waals surface area contributed by atoms with E-state index in [4.69, 9.17) is 5.11 Å². The fourth-order valence-electron chi connectivity index (χ4n) is 1.59. The smallest absolute Gasteiger partial charge is 0.323 e. The third kappa shape index (κ3) is 1.56. The van der Waals surface area contributed by atoms with Gasteiger partial charge in [0.05, 0.1) is 5.52 Å². The fraction of sp³-hybridized carbons (Fsp3) is 0.200. The zero-order chi connectivity index (χ0) is 11.0. The number of rotatable bonds is 2. The van der Waals surface area contributed by atoms with Crippen molar-refractivity contribution in [2.75, 3.05) is 0 Å². The Labute approximate surface area is 85.0 Å². The predicted molar refractivity (Wildman–Crippen MR) is 52.1 cm³/mol. The molecule has 15 heavy (non-hydrogen) atoms. The van der Waals surface area contributed by atoms with Gasteiger partial charge in [-0.3, -0.25) is 4.79 Å². The van der Waals surface area contributed by atoms with Crippen molar-refractivity contribution in [2.24, 2.45) is 0 Å². The van der Waals surface area contributed by atoms with E-state index in [0.717, 1.165) is 0 Å². The minimum absolute atomic E-state index is 0.248. The van der Waals surface area contributed by atoms with Crippen molar-refractivity contribution in [1.82, 2.24) is 9.55 Å². The summed E-state index contributed by atoms with van der Waals surface area (Å²) in [7, 11) is 0. The van der Waals surface area contributed by atoms with Gasteiger partial charge in [0.15, 0.2) is 0 Å². The van der Waals surface area contributed by atoms with Crippen LogP contribution in [0.15, 0.2) is 18.2 Å². The van der Waals surface area contributed by atoms with Crippen LogP contribution in [-0.4, -0.2) is 20.6 Å². The van der Waals surface area contributed by atoms with E-state index in [9.17, 15) is 9.18 Å². The van der Waals surface area contributed by atoms with Gasteiger partial charge in [-0.2, -0.15) is 0 Å². The van der Waals surface area contributed by atoms with Gasteiger partial charge in [0.25, 0.3) is 0 Å². The van der Waals surface area contributed by atoms with Gasteiger partial charge in [-0.15, -0.1) is 0 Å². The largest absolute Gasteiger partial charge is 0.480 e. The Kier molecular flexibility index (Phi) is 2.15. The van der Waals surface area contributed by atoms with Crippen LogP contribution in [0, 0.1) is 12.7 Å². The fourth-order valence-corrected chi connectivity index (χ4v) is 1.59. The van der Waals surface area contributed by atoms with Crippen molar-refractivity contribution in [1.29, 1.82) is 0 Å². The van der Waals surface area contributed by atoms with Gasteiger partial charge in [-0.25, -0.2) is 9.37 Å². The number of fused-ring (bicyclic) bond motifs is 1. The van der Waals surface area contributed by atoms with Gasteiger partial charge in [0, 0.05) is 0 Å². The van der Waals surface area contributed by atoms with Crippen LogP contribution in [0.4, 0.5) is 4.39 Å². The number of halogens is 1. The molecule has 0 saturated heterocycles. The summed E-state index contributed by atoms with van der Waals surface area (Å²) in [5.41, 5.74) is 0.728. The number of para-hydroxylation sites is 1. The van der Waals surface area contributed by atoms with Gasteiger partial charge >= 0.3 is 5.97 Å². The molecular formula is C10H9FN2O2. The molecule has 0 amide bonds.